The topological polar surface area (TPSA) is 38.0 Å². The van der Waals surface area contributed by atoms with Gasteiger partial charge in [0.25, 0.3) is 0 Å². The molecule has 0 radical (unpaired) electrons. The third-order valence-electron chi connectivity index (χ3n) is 2.92. The largest absolute Gasteiger partial charge is 0.271 e. The van der Waals surface area contributed by atoms with Crippen LogP contribution in [0, 0.1) is 5.82 Å². The van der Waals surface area contributed by atoms with Crippen molar-refractivity contribution >= 4 is 47.8 Å². The summed E-state index contributed by atoms with van der Waals surface area (Å²) in [4.78, 5) is 0. The molecule has 0 aliphatic carbocycles. The van der Waals surface area contributed by atoms with Crippen molar-refractivity contribution in [1.82, 2.24) is 5.43 Å². The molecular weight excluding hydrogens is 455 g/mol. The predicted molar refractivity (Wildman–Crippen MR) is 89.7 cm³/mol. The number of halogens is 4. The number of benzene rings is 2. The molecule has 0 saturated carbocycles. The van der Waals surface area contributed by atoms with E-state index in [0.29, 0.717) is 6.42 Å². The number of rotatable bonds is 4. The molecule has 0 aromatic heterocycles. The van der Waals surface area contributed by atoms with Crippen molar-refractivity contribution in [3.05, 3.63) is 66.8 Å². The maximum Gasteiger partial charge on any atom is 0.123 e. The van der Waals surface area contributed by atoms with Gasteiger partial charge in [-0.05, 0) is 53.9 Å². The van der Waals surface area contributed by atoms with E-state index in [2.05, 4.69) is 53.2 Å². The van der Waals surface area contributed by atoms with Gasteiger partial charge in [-0.15, -0.1) is 0 Å². The Hall–Kier alpha value is -0.270. The number of hydrogen-bond acceptors (Lipinski definition) is 2. The molecule has 2 aromatic carbocycles. The Morgan fingerprint density at radius 2 is 1.70 bits per heavy atom. The van der Waals surface area contributed by atoms with Gasteiger partial charge in [0.05, 0.1) is 6.04 Å². The first kappa shape index (κ1) is 16.1. The van der Waals surface area contributed by atoms with E-state index in [0.717, 1.165) is 24.5 Å². The van der Waals surface area contributed by atoms with Gasteiger partial charge in [0.2, 0.25) is 0 Å². The van der Waals surface area contributed by atoms with E-state index in [1.807, 2.05) is 18.2 Å². The highest BCUT2D eigenvalue weighted by molar-refractivity contribution is 9.11. The van der Waals surface area contributed by atoms with E-state index >= 15 is 0 Å². The van der Waals surface area contributed by atoms with E-state index in [1.165, 1.54) is 12.1 Å². The molecule has 1 unspecified atom stereocenters. The van der Waals surface area contributed by atoms with Gasteiger partial charge in [-0.25, -0.2) is 4.39 Å². The summed E-state index contributed by atoms with van der Waals surface area (Å²) < 4.78 is 16.1. The van der Waals surface area contributed by atoms with Crippen molar-refractivity contribution in [3.8, 4) is 0 Å². The van der Waals surface area contributed by atoms with Crippen LogP contribution < -0.4 is 11.3 Å². The van der Waals surface area contributed by atoms with Gasteiger partial charge in [0.15, 0.2) is 0 Å². The highest BCUT2D eigenvalue weighted by atomic mass is 79.9. The van der Waals surface area contributed by atoms with E-state index in [1.54, 1.807) is 6.07 Å². The molecule has 0 fully saturated rings. The zero-order valence-electron chi connectivity index (χ0n) is 10.3. The van der Waals surface area contributed by atoms with Crippen molar-refractivity contribution < 1.29 is 4.39 Å². The Morgan fingerprint density at radius 1 is 1.05 bits per heavy atom. The third-order valence-corrected chi connectivity index (χ3v) is 4.61. The Kier molecular flexibility index (Phi) is 5.74. The molecule has 2 rings (SSSR count). The molecule has 0 saturated heterocycles. The van der Waals surface area contributed by atoms with Crippen LogP contribution in [0.4, 0.5) is 4.39 Å². The van der Waals surface area contributed by atoms with Crippen molar-refractivity contribution in [2.45, 2.75) is 12.5 Å². The predicted octanol–water partition coefficient (Wildman–Crippen LogP) is 4.86. The fourth-order valence-corrected chi connectivity index (χ4v) is 3.71. The number of nitrogens with one attached hydrogen (secondary N) is 1. The first-order valence-corrected chi connectivity index (χ1v) is 8.23. The maximum atomic E-state index is 13.3. The average molecular weight is 467 g/mol. The zero-order valence-corrected chi connectivity index (χ0v) is 15.1. The van der Waals surface area contributed by atoms with Gasteiger partial charge >= 0.3 is 0 Å². The molecule has 3 N–H and O–H groups in total. The summed E-state index contributed by atoms with van der Waals surface area (Å²) in [6, 6.07) is 10.5. The van der Waals surface area contributed by atoms with Crippen LogP contribution in [0.25, 0.3) is 0 Å². The zero-order chi connectivity index (χ0) is 14.7. The second-order valence-electron chi connectivity index (χ2n) is 4.36. The van der Waals surface area contributed by atoms with E-state index in [9.17, 15) is 4.39 Å². The molecule has 0 bridgehead atoms. The monoisotopic (exact) mass is 464 g/mol. The summed E-state index contributed by atoms with van der Waals surface area (Å²) in [5.74, 6) is 5.40. The second kappa shape index (κ2) is 7.13. The van der Waals surface area contributed by atoms with Crippen LogP contribution in [-0.4, -0.2) is 0 Å². The van der Waals surface area contributed by atoms with Gasteiger partial charge in [-0.3, -0.25) is 11.3 Å². The maximum absolute atomic E-state index is 13.3. The minimum absolute atomic E-state index is 0.109. The number of nitrogens with two attached hydrogens (primary N) is 1. The van der Waals surface area contributed by atoms with Crippen LogP contribution in [0.2, 0.25) is 0 Å². The van der Waals surface area contributed by atoms with Crippen LogP contribution in [-0.2, 0) is 6.42 Å². The summed E-state index contributed by atoms with van der Waals surface area (Å²) in [5.41, 5.74) is 4.67. The molecule has 0 aliphatic rings. The highest BCUT2D eigenvalue weighted by Gasteiger charge is 2.14. The molecule has 0 aliphatic heterocycles. The van der Waals surface area contributed by atoms with Crippen LogP contribution in [0.1, 0.15) is 17.2 Å². The molecule has 0 amide bonds. The third kappa shape index (κ3) is 4.11. The summed E-state index contributed by atoms with van der Waals surface area (Å²) in [7, 11) is 0. The SMILES string of the molecule is NNC(Cc1cc(F)ccc1Br)c1cc(Br)cc(Br)c1. The highest BCUT2D eigenvalue weighted by Crippen LogP contribution is 2.28. The molecule has 1 atom stereocenters. The lowest BCUT2D eigenvalue weighted by atomic mass is 9.99. The van der Waals surface area contributed by atoms with E-state index in [-0.39, 0.29) is 11.9 Å². The van der Waals surface area contributed by atoms with Gasteiger partial charge in [0, 0.05) is 13.4 Å². The molecular formula is C14H12Br3FN2. The molecule has 106 valence electrons. The van der Waals surface area contributed by atoms with Crippen molar-refractivity contribution in [1.29, 1.82) is 0 Å². The summed E-state index contributed by atoms with van der Waals surface area (Å²) in [6.07, 6.45) is 0.581. The smallest absolute Gasteiger partial charge is 0.123 e. The normalized spacial score (nSPS) is 12.4. The lowest BCUT2D eigenvalue weighted by Crippen LogP contribution is -2.29. The van der Waals surface area contributed by atoms with Gasteiger partial charge in [-0.1, -0.05) is 47.8 Å². The first-order valence-electron chi connectivity index (χ1n) is 5.85. The molecule has 0 spiro atoms. The summed E-state index contributed by atoms with van der Waals surface area (Å²) in [6.45, 7) is 0. The molecule has 0 heterocycles. The second-order valence-corrected chi connectivity index (χ2v) is 7.05. The minimum atomic E-state index is -0.255. The van der Waals surface area contributed by atoms with Crippen molar-refractivity contribution in [2.75, 3.05) is 0 Å². The minimum Gasteiger partial charge on any atom is -0.271 e. The molecule has 6 heteroatoms. The van der Waals surface area contributed by atoms with Crippen LogP contribution in [0.15, 0.2) is 49.8 Å². The summed E-state index contributed by atoms with van der Waals surface area (Å²) >= 11 is 10.3. The van der Waals surface area contributed by atoms with Gasteiger partial charge < -0.3 is 0 Å². The fourth-order valence-electron chi connectivity index (χ4n) is 1.97. The van der Waals surface area contributed by atoms with Gasteiger partial charge in [0.1, 0.15) is 5.82 Å². The quantitative estimate of drug-likeness (QED) is 0.499. The van der Waals surface area contributed by atoms with Crippen molar-refractivity contribution in [3.63, 3.8) is 0 Å². The van der Waals surface area contributed by atoms with E-state index in [4.69, 9.17) is 5.84 Å². The van der Waals surface area contributed by atoms with E-state index < -0.39 is 0 Å². The standard InChI is InChI=1S/C14H12Br3FN2/c15-10-3-9(4-11(16)7-10)14(20-19)6-8-5-12(18)1-2-13(8)17/h1-5,7,14,20H,6,19H2. The molecule has 2 nitrogen and oxygen atoms in total. The lowest BCUT2D eigenvalue weighted by Gasteiger charge is -2.18. The number of hydrazine groups is 1. The first-order chi connectivity index (χ1) is 9.49. The lowest BCUT2D eigenvalue weighted by molar-refractivity contribution is 0.547. The Labute approximate surface area is 142 Å². The number of hydrogen-bond donors (Lipinski definition) is 2. The van der Waals surface area contributed by atoms with Crippen LogP contribution >= 0.6 is 47.8 Å². The Balaban J connectivity index is 2.30. The Morgan fingerprint density at radius 3 is 2.30 bits per heavy atom. The van der Waals surface area contributed by atoms with Crippen molar-refractivity contribution in [2.24, 2.45) is 5.84 Å². The average Bonchev–Trinajstić information content (AvgIpc) is 2.38. The van der Waals surface area contributed by atoms with Crippen LogP contribution in [0.3, 0.4) is 0 Å². The molecule has 2 aromatic rings. The Bertz CT molecular complexity index is 599. The van der Waals surface area contributed by atoms with Gasteiger partial charge in [-0.2, -0.15) is 0 Å². The summed E-state index contributed by atoms with van der Waals surface area (Å²) in [5, 5.41) is 0. The van der Waals surface area contributed by atoms with Crippen LogP contribution in [0.5, 0.6) is 0 Å². The fraction of sp³-hybridized carbons (Fsp3) is 0.143. The molecule has 20 heavy (non-hydrogen) atoms.